The Bertz CT molecular complexity index is 887. The summed E-state index contributed by atoms with van der Waals surface area (Å²) in [5.41, 5.74) is 1.48. The van der Waals surface area contributed by atoms with Crippen LogP contribution in [0.15, 0.2) is 53.1 Å². The van der Waals surface area contributed by atoms with Crippen LogP contribution >= 0.6 is 0 Å². The van der Waals surface area contributed by atoms with Gasteiger partial charge in [0, 0.05) is 11.6 Å². The molecule has 0 bridgehead atoms. The van der Waals surface area contributed by atoms with Gasteiger partial charge in [-0.2, -0.15) is 0 Å². The normalized spacial score (nSPS) is 17.4. The summed E-state index contributed by atoms with van der Waals surface area (Å²) in [5, 5.41) is 15.8. The van der Waals surface area contributed by atoms with Crippen molar-refractivity contribution in [1.82, 2.24) is 25.1 Å². The van der Waals surface area contributed by atoms with E-state index in [0.717, 1.165) is 5.56 Å². The topological polar surface area (TPSA) is 97.7 Å². The lowest BCUT2D eigenvalue weighted by molar-refractivity contribution is 0.588. The largest absolute Gasteiger partial charge is 0.280 e. The van der Waals surface area contributed by atoms with Crippen LogP contribution in [0, 0.1) is 13.8 Å². The minimum absolute atomic E-state index is 0.161. The lowest BCUT2D eigenvalue weighted by Crippen LogP contribution is -2.24. The molecular weight excluding hydrogens is 326 g/mol. The van der Waals surface area contributed by atoms with Crippen molar-refractivity contribution >= 4 is 10.0 Å². The highest BCUT2D eigenvalue weighted by atomic mass is 32.2. The standard InChI is InChI=1S/C16H17N5O2S/c1-11-6-8-15(9-7-11)24(22,23)21-14-5-3-4-13(10-14)16-19-17-12(2)18-20-16/h3,5-10,13,21H,4H2,1-2H3. The van der Waals surface area contributed by atoms with E-state index in [2.05, 4.69) is 25.1 Å². The highest BCUT2D eigenvalue weighted by molar-refractivity contribution is 7.89. The predicted molar refractivity (Wildman–Crippen MR) is 88.4 cm³/mol. The van der Waals surface area contributed by atoms with Gasteiger partial charge in [0.1, 0.15) is 0 Å². The summed E-state index contributed by atoms with van der Waals surface area (Å²) in [6, 6.07) is 6.69. The van der Waals surface area contributed by atoms with E-state index in [4.69, 9.17) is 0 Å². The molecule has 2 aromatic rings. The molecule has 0 fully saturated rings. The summed E-state index contributed by atoms with van der Waals surface area (Å²) >= 11 is 0. The molecule has 0 spiro atoms. The van der Waals surface area contributed by atoms with Crippen LogP contribution in [0.2, 0.25) is 0 Å². The Morgan fingerprint density at radius 1 is 1.04 bits per heavy atom. The predicted octanol–water partition coefficient (Wildman–Crippen LogP) is 1.79. The van der Waals surface area contributed by atoms with E-state index in [1.165, 1.54) is 0 Å². The van der Waals surface area contributed by atoms with E-state index in [1.807, 2.05) is 13.0 Å². The lowest BCUT2D eigenvalue weighted by Gasteiger charge is -2.16. The number of hydrogen-bond acceptors (Lipinski definition) is 6. The molecule has 3 rings (SSSR count). The molecule has 0 saturated heterocycles. The Morgan fingerprint density at radius 2 is 1.71 bits per heavy atom. The van der Waals surface area contributed by atoms with Gasteiger partial charge in [0.25, 0.3) is 10.0 Å². The van der Waals surface area contributed by atoms with E-state index in [9.17, 15) is 8.42 Å². The molecule has 1 aromatic heterocycles. The molecule has 0 aliphatic heterocycles. The fraction of sp³-hybridized carbons (Fsp3) is 0.250. The van der Waals surface area contributed by atoms with Gasteiger partial charge < -0.3 is 0 Å². The molecule has 7 nitrogen and oxygen atoms in total. The Kier molecular flexibility index (Phi) is 4.39. The molecule has 1 unspecified atom stereocenters. The van der Waals surface area contributed by atoms with E-state index < -0.39 is 10.0 Å². The van der Waals surface area contributed by atoms with Gasteiger partial charge in [-0.1, -0.05) is 23.8 Å². The number of allylic oxidation sites excluding steroid dienone is 3. The second kappa shape index (κ2) is 6.48. The maximum Gasteiger partial charge on any atom is 0.261 e. The zero-order valence-corrected chi connectivity index (χ0v) is 14.2. The van der Waals surface area contributed by atoms with Crippen molar-refractivity contribution < 1.29 is 8.42 Å². The Morgan fingerprint density at radius 3 is 2.38 bits per heavy atom. The van der Waals surface area contributed by atoms with Crippen LogP contribution < -0.4 is 4.72 Å². The van der Waals surface area contributed by atoms with Crippen molar-refractivity contribution in [3.8, 4) is 0 Å². The van der Waals surface area contributed by atoms with Gasteiger partial charge in [-0.15, -0.1) is 20.4 Å². The van der Waals surface area contributed by atoms with Crippen molar-refractivity contribution in [2.45, 2.75) is 31.1 Å². The molecule has 1 aliphatic carbocycles. The number of hydrogen-bond donors (Lipinski definition) is 1. The first-order valence-corrected chi connectivity index (χ1v) is 8.94. The first-order chi connectivity index (χ1) is 11.4. The van der Waals surface area contributed by atoms with Crippen LogP contribution in [0.3, 0.4) is 0 Å². The molecule has 1 aliphatic rings. The highest BCUT2D eigenvalue weighted by Gasteiger charge is 2.20. The molecule has 0 saturated carbocycles. The van der Waals surface area contributed by atoms with Crippen molar-refractivity contribution in [3.63, 3.8) is 0 Å². The summed E-state index contributed by atoms with van der Waals surface area (Å²) in [6.45, 7) is 3.62. The molecule has 124 valence electrons. The van der Waals surface area contributed by atoms with Crippen LogP contribution in [0.25, 0.3) is 0 Å². The number of nitrogens with one attached hydrogen (secondary N) is 1. The summed E-state index contributed by atoms with van der Waals surface area (Å²) < 4.78 is 27.5. The van der Waals surface area contributed by atoms with Gasteiger partial charge in [-0.05, 0) is 44.6 Å². The number of rotatable bonds is 4. The SMILES string of the molecule is Cc1ccc(S(=O)(=O)NC2=CC(c3nnc(C)nn3)CC=C2)cc1. The number of sulfonamides is 1. The maximum absolute atomic E-state index is 12.5. The zero-order chi connectivity index (χ0) is 17.2. The second-order valence-corrected chi connectivity index (χ2v) is 7.27. The minimum Gasteiger partial charge on any atom is -0.280 e. The first-order valence-electron chi connectivity index (χ1n) is 7.46. The monoisotopic (exact) mass is 343 g/mol. The van der Waals surface area contributed by atoms with Crippen LogP contribution in [0.4, 0.5) is 0 Å². The number of aryl methyl sites for hydroxylation is 2. The Hall–Kier alpha value is -2.61. The summed E-state index contributed by atoms with van der Waals surface area (Å²) in [5.74, 6) is 0.803. The third-order valence-electron chi connectivity index (χ3n) is 3.58. The molecule has 1 heterocycles. The fourth-order valence-corrected chi connectivity index (χ4v) is 3.36. The molecule has 1 atom stereocenters. The van der Waals surface area contributed by atoms with Gasteiger partial charge >= 0.3 is 0 Å². The molecule has 24 heavy (non-hydrogen) atoms. The summed E-state index contributed by atoms with van der Waals surface area (Å²) in [7, 11) is -3.63. The van der Waals surface area contributed by atoms with E-state index >= 15 is 0 Å². The second-order valence-electron chi connectivity index (χ2n) is 5.59. The van der Waals surface area contributed by atoms with Crippen LogP contribution in [-0.4, -0.2) is 28.8 Å². The van der Waals surface area contributed by atoms with E-state index in [1.54, 1.807) is 43.3 Å². The van der Waals surface area contributed by atoms with E-state index in [-0.39, 0.29) is 10.8 Å². The third-order valence-corrected chi connectivity index (χ3v) is 4.97. The summed E-state index contributed by atoms with van der Waals surface area (Å²) in [6.07, 6.45) is 6.06. The first kappa shape index (κ1) is 16.3. The van der Waals surface area contributed by atoms with E-state index in [0.29, 0.717) is 23.8 Å². The number of benzene rings is 1. The van der Waals surface area contributed by atoms with Crippen molar-refractivity contribution in [1.29, 1.82) is 0 Å². The average Bonchev–Trinajstić information content (AvgIpc) is 2.56. The molecule has 1 N–H and O–H groups in total. The van der Waals surface area contributed by atoms with Crippen molar-refractivity contribution in [3.05, 3.63) is 65.4 Å². The van der Waals surface area contributed by atoms with Crippen LogP contribution in [-0.2, 0) is 10.0 Å². The number of nitrogens with zero attached hydrogens (tertiary/aromatic N) is 4. The van der Waals surface area contributed by atoms with Crippen molar-refractivity contribution in [2.75, 3.05) is 0 Å². The average molecular weight is 343 g/mol. The zero-order valence-electron chi connectivity index (χ0n) is 13.3. The summed E-state index contributed by atoms with van der Waals surface area (Å²) in [4.78, 5) is 0.222. The quantitative estimate of drug-likeness (QED) is 0.909. The maximum atomic E-state index is 12.5. The fourth-order valence-electron chi connectivity index (χ4n) is 2.30. The van der Waals surface area contributed by atoms with Crippen molar-refractivity contribution in [2.24, 2.45) is 0 Å². The van der Waals surface area contributed by atoms with Gasteiger partial charge in [0.15, 0.2) is 11.6 Å². The van der Waals surface area contributed by atoms with Gasteiger partial charge in [-0.25, -0.2) is 8.42 Å². The van der Waals surface area contributed by atoms with Crippen LogP contribution in [0.1, 0.15) is 29.6 Å². The lowest BCUT2D eigenvalue weighted by atomic mass is 9.99. The molecule has 1 aromatic carbocycles. The smallest absolute Gasteiger partial charge is 0.261 e. The number of aromatic nitrogens is 4. The molecule has 0 radical (unpaired) electrons. The molecular formula is C16H17N5O2S. The van der Waals surface area contributed by atoms with Gasteiger partial charge in [-0.3, -0.25) is 4.72 Å². The van der Waals surface area contributed by atoms with Crippen LogP contribution in [0.5, 0.6) is 0 Å². The Balaban J connectivity index is 1.82. The third kappa shape index (κ3) is 3.65. The highest BCUT2D eigenvalue weighted by Crippen LogP contribution is 2.24. The minimum atomic E-state index is -3.63. The Labute approximate surface area is 140 Å². The van der Waals surface area contributed by atoms with Gasteiger partial charge in [0.2, 0.25) is 0 Å². The molecule has 8 heteroatoms. The molecule has 0 amide bonds. The van der Waals surface area contributed by atoms with Gasteiger partial charge in [0.05, 0.1) is 4.90 Å².